The maximum Gasteiger partial charge on any atom is 0.239 e. The van der Waals surface area contributed by atoms with Crippen molar-refractivity contribution in [1.29, 1.82) is 0 Å². The molecular weight excluding hydrogens is 150 g/mol. The first-order valence-corrected chi connectivity index (χ1v) is 4.05. The van der Waals surface area contributed by atoms with Crippen molar-refractivity contribution in [2.24, 2.45) is 0 Å². The minimum absolute atomic E-state index is 0.0901. The highest BCUT2D eigenvalue weighted by molar-refractivity contribution is 8.02. The zero-order valence-electron chi connectivity index (χ0n) is 5.88. The zero-order chi connectivity index (χ0) is 7.72. The molecule has 1 fully saturated rings. The third kappa shape index (κ3) is 1.31. The summed E-state index contributed by atoms with van der Waals surface area (Å²) >= 11 is 1.40. The first-order chi connectivity index (χ1) is 4.61. The summed E-state index contributed by atoms with van der Waals surface area (Å²) in [4.78, 5) is 21.6. The van der Waals surface area contributed by atoms with Crippen molar-refractivity contribution in [1.82, 2.24) is 5.32 Å². The first kappa shape index (κ1) is 7.60. The Morgan fingerprint density at radius 1 is 1.20 bits per heavy atom. The summed E-state index contributed by atoms with van der Waals surface area (Å²) in [6, 6.07) is 0. The van der Waals surface area contributed by atoms with Gasteiger partial charge >= 0.3 is 0 Å². The van der Waals surface area contributed by atoms with Gasteiger partial charge in [-0.1, -0.05) is 0 Å². The van der Waals surface area contributed by atoms with Gasteiger partial charge in [0.05, 0.1) is 10.5 Å². The third-order valence-corrected chi connectivity index (χ3v) is 2.64. The van der Waals surface area contributed by atoms with E-state index >= 15 is 0 Å². The van der Waals surface area contributed by atoms with Gasteiger partial charge < -0.3 is 0 Å². The summed E-state index contributed by atoms with van der Waals surface area (Å²) in [5.41, 5.74) is 0. The average Bonchev–Trinajstić information content (AvgIpc) is 1.84. The van der Waals surface area contributed by atoms with Crippen LogP contribution in [0.25, 0.3) is 0 Å². The van der Waals surface area contributed by atoms with Gasteiger partial charge in [0.15, 0.2) is 0 Å². The number of rotatable bonds is 0. The number of carbonyl (C=O) groups is 2. The summed E-state index contributed by atoms with van der Waals surface area (Å²) in [6.45, 7) is 3.59. The Kier molecular flexibility index (Phi) is 1.99. The van der Waals surface area contributed by atoms with Gasteiger partial charge in [-0.3, -0.25) is 14.9 Å². The van der Waals surface area contributed by atoms with Crippen LogP contribution in [0.3, 0.4) is 0 Å². The number of hydrogen-bond acceptors (Lipinski definition) is 3. The molecule has 1 rings (SSSR count). The summed E-state index contributed by atoms with van der Waals surface area (Å²) in [7, 11) is 0. The zero-order valence-corrected chi connectivity index (χ0v) is 6.70. The molecule has 1 heterocycles. The summed E-state index contributed by atoms with van der Waals surface area (Å²) in [5.74, 6) is -0.346. The largest absolute Gasteiger partial charge is 0.295 e. The van der Waals surface area contributed by atoms with E-state index < -0.39 is 0 Å². The van der Waals surface area contributed by atoms with Crippen LogP contribution in [0.5, 0.6) is 0 Å². The lowest BCUT2D eigenvalue weighted by molar-refractivity contribution is -0.130. The molecule has 2 atom stereocenters. The standard InChI is InChI=1S/C6H9NO2S/c1-3-5(8)7-6(9)4(2)10-3/h3-4H,1-2H3,(H,7,8,9)/t3-,4+. The predicted octanol–water partition coefficient (Wildman–Crippen LogP) is 0.153. The van der Waals surface area contributed by atoms with Crippen LogP contribution in [0.2, 0.25) is 0 Å². The van der Waals surface area contributed by atoms with Crippen molar-refractivity contribution in [3.05, 3.63) is 0 Å². The fourth-order valence-electron chi connectivity index (χ4n) is 0.754. The molecule has 1 aliphatic heterocycles. The second-order valence-corrected chi connectivity index (χ2v) is 3.96. The maximum atomic E-state index is 10.8. The minimum Gasteiger partial charge on any atom is -0.295 e. The highest BCUT2D eigenvalue weighted by atomic mass is 32.2. The number of carbonyl (C=O) groups excluding carboxylic acids is 2. The molecule has 0 saturated carbocycles. The highest BCUT2D eigenvalue weighted by Crippen LogP contribution is 2.21. The molecule has 1 aliphatic rings. The molecule has 0 bridgehead atoms. The Hall–Kier alpha value is -0.510. The molecule has 0 aromatic rings. The first-order valence-electron chi connectivity index (χ1n) is 3.11. The third-order valence-electron chi connectivity index (χ3n) is 1.39. The van der Waals surface area contributed by atoms with E-state index in [1.54, 1.807) is 13.8 Å². The summed E-state index contributed by atoms with van der Waals surface area (Å²) in [6.07, 6.45) is 0. The fraction of sp³-hybridized carbons (Fsp3) is 0.667. The summed E-state index contributed by atoms with van der Waals surface area (Å²) in [5, 5.41) is 2.10. The van der Waals surface area contributed by atoms with Crippen LogP contribution < -0.4 is 5.32 Å². The van der Waals surface area contributed by atoms with Crippen molar-refractivity contribution < 1.29 is 9.59 Å². The fourth-order valence-corrected chi connectivity index (χ4v) is 1.73. The van der Waals surface area contributed by atoms with Crippen LogP contribution in [0.1, 0.15) is 13.8 Å². The number of thioether (sulfide) groups is 1. The minimum atomic E-state index is -0.173. The molecule has 0 aromatic carbocycles. The van der Waals surface area contributed by atoms with Crippen LogP contribution in [-0.2, 0) is 9.59 Å². The quantitative estimate of drug-likeness (QED) is 0.512. The van der Waals surface area contributed by atoms with Gasteiger partial charge in [-0.05, 0) is 13.8 Å². The van der Waals surface area contributed by atoms with Crippen molar-refractivity contribution in [2.75, 3.05) is 0 Å². The molecule has 0 aliphatic carbocycles. The normalized spacial score (nSPS) is 33.8. The number of nitrogens with one attached hydrogen (secondary N) is 1. The Balaban J connectivity index is 2.63. The van der Waals surface area contributed by atoms with Gasteiger partial charge in [0.1, 0.15) is 0 Å². The Labute approximate surface area is 63.6 Å². The molecule has 1 saturated heterocycles. The van der Waals surface area contributed by atoms with E-state index in [1.807, 2.05) is 0 Å². The van der Waals surface area contributed by atoms with Gasteiger partial charge in [-0.2, -0.15) is 0 Å². The van der Waals surface area contributed by atoms with Crippen molar-refractivity contribution >= 4 is 23.6 Å². The second kappa shape index (κ2) is 2.62. The molecule has 3 nitrogen and oxygen atoms in total. The van der Waals surface area contributed by atoms with Gasteiger partial charge in [0, 0.05) is 0 Å². The Morgan fingerprint density at radius 2 is 1.60 bits per heavy atom. The number of amides is 2. The van der Waals surface area contributed by atoms with E-state index in [9.17, 15) is 9.59 Å². The van der Waals surface area contributed by atoms with Crippen LogP contribution in [0.15, 0.2) is 0 Å². The smallest absolute Gasteiger partial charge is 0.239 e. The molecule has 0 aromatic heterocycles. The molecule has 4 heteroatoms. The topological polar surface area (TPSA) is 46.2 Å². The second-order valence-electron chi connectivity index (χ2n) is 2.27. The van der Waals surface area contributed by atoms with Crippen molar-refractivity contribution in [3.8, 4) is 0 Å². The molecule has 2 amide bonds. The van der Waals surface area contributed by atoms with E-state index in [0.29, 0.717) is 0 Å². The van der Waals surface area contributed by atoms with E-state index in [-0.39, 0.29) is 22.3 Å². The molecule has 0 radical (unpaired) electrons. The van der Waals surface area contributed by atoms with Crippen molar-refractivity contribution in [3.63, 3.8) is 0 Å². The lowest BCUT2D eigenvalue weighted by Crippen LogP contribution is -2.46. The highest BCUT2D eigenvalue weighted by Gasteiger charge is 2.28. The number of imide groups is 1. The molecular formula is C6H9NO2S. The lowest BCUT2D eigenvalue weighted by Gasteiger charge is -2.21. The molecule has 0 spiro atoms. The average molecular weight is 159 g/mol. The van der Waals surface area contributed by atoms with E-state index in [1.165, 1.54) is 11.8 Å². The van der Waals surface area contributed by atoms with E-state index in [2.05, 4.69) is 5.32 Å². The molecule has 1 N–H and O–H groups in total. The SMILES string of the molecule is C[C@@H]1S[C@H](C)C(=O)NC1=O. The van der Waals surface area contributed by atoms with Crippen LogP contribution in [0, 0.1) is 0 Å². The van der Waals surface area contributed by atoms with Crippen LogP contribution in [-0.4, -0.2) is 22.3 Å². The Bertz CT molecular complexity index is 163. The van der Waals surface area contributed by atoms with E-state index in [4.69, 9.17) is 0 Å². The van der Waals surface area contributed by atoms with Crippen molar-refractivity contribution in [2.45, 2.75) is 24.3 Å². The summed E-state index contributed by atoms with van der Waals surface area (Å²) < 4.78 is 0. The van der Waals surface area contributed by atoms with Crippen LogP contribution >= 0.6 is 11.8 Å². The van der Waals surface area contributed by atoms with Gasteiger partial charge in [-0.25, -0.2) is 0 Å². The predicted molar refractivity (Wildman–Crippen MR) is 39.7 cm³/mol. The molecule has 10 heavy (non-hydrogen) atoms. The molecule has 0 unspecified atom stereocenters. The molecule has 56 valence electrons. The Morgan fingerprint density at radius 3 is 1.90 bits per heavy atom. The van der Waals surface area contributed by atoms with Gasteiger partial charge in [0.2, 0.25) is 11.8 Å². The lowest BCUT2D eigenvalue weighted by atomic mass is 10.3. The monoisotopic (exact) mass is 159 g/mol. The van der Waals surface area contributed by atoms with E-state index in [0.717, 1.165) is 0 Å². The maximum absolute atomic E-state index is 10.8. The number of hydrogen-bond donors (Lipinski definition) is 1. The van der Waals surface area contributed by atoms with Gasteiger partial charge in [0.25, 0.3) is 0 Å². The van der Waals surface area contributed by atoms with Gasteiger partial charge in [-0.15, -0.1) is 11.8 Å². The van der Waals surface area contributed by atoms with Crippen LogP contribution in [0.4, 0.5) is 0 Å².